The predicted octanol–water partition coefficient (Wildman–Crippen LogP) is 9.11. The number of rotatable bonds is 8. The lowest BCUT2D eigenvalue weighted by atomic mass is 10.0. The average molecular weight is 501 g/mol. The van der Waals surface area contributed by atoms with Crippen LogP contribution in [-0.4, -0.2) is 24.2 Å². The average Bonchev–Trinajstić information content (AvgIpc) is 2.80. The van der Waals surface area contributed by atoms with Crippen LogP contribution in [0.25, 0.3) is 0 Å². The predicted molar refractivity (Wildman–Crippen MR) is 153 cm³/mol. The van der Waals surface area contributed by atoms with Gasteiger partial charge in [0.15, 0.2) is 0 Å². The van der Waals surface area contributed by atoms with Crippen LogP contribution in [0.2, 0.25) is 0 Å². The summed E-state index contributed by atoms with van der Waals surface area (Å²) in [6, 6.07) is 9.55. The van der Waals surface area contributed by atoms with Crippen LogP contribution in [0.1, 0.15) is 121 Å². The number of carbonyl (C=O) groups is 2. The standard InChI is InChI=1S/C19H29NO4.2C3H8.2C2H6.H3N/c1-15(17(21)24-19(2,3)4)10-8-9-13-20-18(22)23-14-16-11-6-5-7-12-16;2*1-3-2;2*1-2;/h5-7,11-12,15H,8-10,13-14H2,1-4H3,(H,20,22);2*3H2,1-2H3;2*1-2H3;1H3. The van der Waals surface area contributed by atoms with Gasteiger partial charge in [-0.25, -0.2) is 4.79 Å². The number of hydrogen-bond donors (Lipinski definition) is 2. The Morgan fingerprint density at radius 2 is 1.34 bits per heavy atom. The van der Waals surface area contributed by atoms with Gasteiger partial charge in [-0.1, -0.05) is 112 Å². The Hall–Kier alpha value is -2.08. The van der Waals surface area contributed by atoms with Crippen molar-refractivity contribution in [3.63, 3.8) is 0 Å². The number of ether oxygens (including phenoxy) is 2. The zero-order valence-corrected chi connectivity index (χ0v) is 25.3. The first-order chi connectivity index (χ1) is 16.1. The summed E-state index contributed by atoms with van der Waals surface area (Å²) in [7, 11) is 0. The number of benzene rings is 1. The molecule has 1 aromatic carbocycles. The summed E-state index contributed by atoms with van der Waals surface area (Å²) >= 11 is 0. The van der Waals surface area contributed by atoms with Crippen molar-refractivity contribution in [3.8, 4) is 0 Å². The zero-order valence-electron chi connectivity index (χ0n) is 25.3. The van der Waals surface area contributed by atoms with Crippen molar-refractivity contribution in [1.82, 2.24) is 11.5 Å². The molecule has 210 valence electrons. The van der Waals surface area contributed by atoms with Gasteiger partial charge < -0.3 is 20.9 Å². The highest BCUT2D eigenvalue weighted by Gasteiger charge is 2.21. The lowest BCUT2D eigenvalue weighted by Crippen LogP contribution is -2.28. The molecular formula is C29H60N2O4. The van der Waals surface area contributed by atoms with Crippen molar-refractivity contribution >= 4 is 12.1 Å². The van der Waals surface area contributed by atoms with Gasteiger partial charge in [-0.2, -0.15) is 0 Å². The molecule has 6 nitrogen and oxygen atoms in total. The molecule has 0 radical (unpaired) electrons. The number of esters is 1. The second-order valence-electron chi connectivity index (χ2n) is 8.33. The van der Waals surface area contributed by atoms with Gasteiger partial charge in [-0.15, -0.1) is 0 Å². The Balaban J connectivity index is -0.000000237. The summed E-state index contributed by atoms with van der Waals surface area (Å²) in [5, 5.41) is 2.72. The van der Waals surface area contributed by atoms with Gasteiger partial charge in [0.05, 0.1) is 5.92 Å². The van der Waals surface area contributed by atoms with Gasteiger partial charge in [0.2, 0.25) is 0 Å². The van der Waals surface area contributed by atoms with Crippen molar-refractivity contribution in [1.29, 1.82) is 0 Å². The Morgan fingerprint density at radius 3 is 1.77 bits per heavy atom. The van der Waals surface area contributed by atoms with E-state index >= 15 is 0 Å². The number of unbranched alkanes of at least 4 members (excludes halogenated alkanes) is 1. The van der Waals surface area contributed by atoms with Crippen LogP contribution in [-0.2, 0) is 20.9 Å². The first kappa shape index (κ1) is 43.0. The molecule has 0 aliphatic rings. The molecule has 1 aromatic rings. The van der Waals surface area contributed by atoms with Gasteiger partial charge in [-0.3, -0.25) is 4.79 Å². The second kappa shape index (κ2) is 31.9. The van der Waals surface area contributed by atoms with E-state index in [2.05, 4.69) is 33.0 Å². The summed E-state index contributed by atoms with van der Waals surface area (Å²) in [6.07, 6.45) is 4.47. The molecule has 0 bridgehead atoms. The van der Waals surface area contributed by atoms with E-state index in [1.165, 1.54) is 12.8 Å². The number of alkyl carbamates (subject to hydrolysis) is 1. The summed E-state index contributed by atoms with van der Waals surface area (Å²) in [5.74, 6) is -0.299. The van der Waals surface area contributed by atoms with Crippen molar-refractivity contribution < 1.29 is 19.1 Å². The molecule has 4 N–H and O–H groups in total. The maximum absolute atomic E-state index is 11.8. The smallest absolute Gasteiger partial charge is 0.407 e. The third-order valence-corrected chi connectivity index (χ3v) is 3.36. The van der Waals surface area contributed by atoms with E-state index in [4.69, 9.17) is 9.47 Å². The number of amides is 1. The summed E-state index contributed by atoms with van der Waals surface area (Å²) < 4.78 is 10.5. The maximum Gasteiger partial charge on any atom is 0.407 e. The van der Waals surface area contributed by atoms with E-state index in [0.29, 0.717) is 6.54 Å². The topological polar surface area (TPSA) is 99.6 Å². The molecular weight excluding hydrogens is 440 g/mol. The van der Waals surface area contributed by atoms with E-state index in [1.54, 1.807) is 0 Å². The molecule has 1 unspecified atom stereocenters. The van der Waals surface area contributed by atoms with Crippen LogP contribution in [0, 0.1) is 5.92 Å². The zero-order chi connectivity index (χ0) is 27.4. The Morgan fingerprint density at radius 1 is 0.886 bits per heavy atom. The van der Waals surface area contributed by atoms with Crippen LogP contribution in [0.5, 0.6) is 0 Å². The molecule has 35 heavy (non-hydrogen) atoms. The van der Waals surface area contributed by atoms with Gasteiger partial charge in [0.1, 0.15) is 12.2 Å². The molecule has 1 rings (SSSR count). The number of nitrogens with one attached hydrogen (secondary N) is 1. The fourth-order valence-electron chi connectivity index (χ4n) is 2.06. The third kappa shape index (κ3) is 36.7. The van der Waals surface area contributed by atoms with E-state index < -0.39 is 11.7 Å². The monoisotopic (exact) mass is 500 g/mol. The van der Waals surface area contributed by atoms with E-state index in [-0.39, 0.29) is 24.6 Å². The minimum Gasteiger partial charge on any atom is -0.460 e. The van der Waals surface area contributed by atoms with Crippen molar-refractivity contribution in [3.05, 3.63) is 35.9 Å². The highest BCUT2D eigenvalue weighted by atomic mass is 16.6. The van der Waals surface area contributed by atoms with Crippen LogP contribution in [0.15, 0.2) is 30.3 Å². The fourth-order valence-corrected chi connectivity index (χ4v) is 2.06. The van der Waals surface area contributed by atoms with Gasteiger partial charge >= 0.3 is 12.1 Å². The molecule has 0 aliphatic heterocycles. The summed E-state index contributed by atoms with van der Waals surface area (Å²) in [6.45, 7) is 24.8. The molecule has 6 heteroatoms. The molecule has 0 saturated carbocycles. The van der Waals surface area contributed by atoms with E-state index in [0.717, 1.165) is 24.8 Å². The minimum absolute atomic E-state index is 0. The lowest BCUT2D eigenvalue weighted by molar-refractivity contribution is -0.159. The van der Waals surface area contributed by atoms with Gasteiger partial charge in [0.25, 0.3) is 0 Å². The first-order valence-electron chi connectivity index (χ1n) is 13.3. The highest BCUT2D eigenvalue weighted by Crippen LogP contribution is 2.15. The highest BCUT2D eigenvalue weighted by molar-refractivity contribution is 5.72. The lowest BCUT2D eigenvalue weighted by Gasteiger charge is -2.22. The molecule has 0 aromatic heterocycles. The van der Waals surface area contributed by atoms with Crippen LogP contribution >= 0.6 is 0 Å². The van der Waals surface area contributed by atoms with Gasteiger partial charge in [0, 0.05) is 6.54 Å². The van der Waals surface area contributed by atoms with Crippen LogP contribution < -0.4 is 11.5 Å². The molecule has 1 atom stereocenters. The second-order valence-corrected chi connectivity index (χ2v) is 8.33. The fraction of sp³-hybridized carbons (Fsp3) is 0.724. The number of carbonyl (C=O) groups excluding carboxylic acids is 2. The van der Waals surface area contributed by atoms with Crippen LogP contribution in [0.4, 0.5) is 4.79 Å². The summed E-state index contributed by atoms with van der Waals surface area (Å²) in [4.78, 5) is 23.4. The number of hydrogen-bond acceptors (Lipinski definition) is 5. The largest absolute Gasteiger partial charge is 0.460 e. The minimum atomic E-state index is -0.449. The normalized spacial score (nSPS) is 9.83. The molecule has 0 aliphatic carbocycles. The first-order valence-corrected chi connectivity index (χ1v) is 13.3. The van der Waals surface area contributed by atoms with Crippen molar-refractivity contribution in [2.24, 2.45) is 5.92 Å². The van der Waals surface area contributed by atoms with Crippen molar-refractivity contribution in [2.75, 3.05) is 6.54 Å². The molecule has 0 heterocycles. The Labute approximate surface area is 218 Å². The molecule has 1 amide bonds. The van der Waals surface area contributed by atoms with Crippen molar-refractivity contribution in [2.45, 2.75) is 127 Å². The SMILES string of the molecule is CC.CC.CC(CCCCNC(=O)OCc1ccccc1)C(=O)OC(C)(C)C.CCC.CCC.N. The maximum atomic E-state index is 11.8. The Bertz CT molecular complexity index is 541. The Kier molecular flexibility index (Phi) is 39.2. The molecule has 0 saturated heterocycles. The molecule has 0 fully saturated rings. The summed E-state index contributed by atoms with van der Waals surface area (Å²) in [5.41, 5.74) is 0.508. The van der Waals surface area contributed by atoms with E-state index in [9.17, 15) is 9.59 Å². The van der Waals surface area contributed by atoms with E-state index in [1.807, 2.05) is 85.7 Å². The molecule has 0 spiro atoms. The quantitative estimate of drug-likeness (QED) is 0.274. The third-order valence-electron chi connectivity index (χ3n) is 3.36. The van der Waals surface area contributed by atoms with Crippen LogP contribution in [0.3, 0.4) is 0 Å². The van der Waals surface area contributed by atoms with Gasteiger partial charge in [-0.05, 0) is 39.2 Å².